The van der Waals surface area contributed by atoms with Gasteiger partial charge in [0.05, 0.1) is 18.8 Å². The van der Waals surface area contributed by atoms with Crippen molar-refractivity contribution in [2.24, 2.45) is 0 Å². The fourth-order valence-corrected chi connectivity index (χ4v) is 2.90. The van der Waals surface area contributed by atoms with Crippen molar-refractivity contribution in [1.82, 2.24) is 10.2 Å². The summed E-state index contributed by atoms with van der Waals surface area (Å²) in [6.45, 7) is 9.37. The molecule has 1 heterocycles. The Balaban J connectivity index is 1.79. The molecule has 0 spiro atoms. The first-order valence-corrected chi connectivity index (χ1v) is 8.47. The van der Waals surface area contributed by atoms with Crippen LogP contribution in [0, 0.1) is 0 Å². The number of hydrogen-bond acceptors (Lipinski definition) is 4. The van der Waals surface area contributed by atoms with Gasteiger partial charge in [0, 0.05) is 38.5 Å². The normalized spacial score (nSPS) is 19.2. The Hall–Kier alpha value is -1.69. The summed E-state index contributed by atoms with van der Waals surface area (Å²) in [7, 11) is 0. The van der Waals surface area contributed by atoms with Gasteiger partial charge in [-0.25, -0.2) is 0 Å². The Morgan fingerprint density at radius 1 is 1.42 bits per heavy atom. The lowest BCUT2D eigenvalue weighted by Crippen LogP contribution is -2.51. The monoisotopic (exact) mass is 332 g/mol. The lowest BCUT2D eigenvalue weighted by Gasteiger charge is -2.34. The summed E-state index contributed by atoms with van der Waals surface area (Å²) >= 11 is 0. The van der Waals surface area contributed by atoms with Gasteiger partial charge in [-0.05, 0) is 12.5 Å². The van der Waals surface area contributed by atoms with E-state index in [2.05, 4.69) is 16.8 Å². The highest BCUT2D eigenvalue weighted by Crippen LogP contribution is 2.20. The third kappa shape index (κ3) is 6.07. The number of aliphatic hydroxyl groups is 1. The molecular weight excluding hydrogens is 304 g/mol. The maximum Gasteiger partial charge on any atom is 0.221 e. The van der Waals surface area contributed by atoms with Crippen molar-refractivity contribution in [2.75, 3.05) is 39.4 Å². The van der Waals surface area contributed by atoms with Crippen molar-refractivity contribution in [3.8, 4) is 0 Å². The Labute approximate surface area is 144 Å². The van der Waals surface area contributed by atoms with Crippen molar-refractivity contribution >= 4 is 5.91 Å². The lowest BCUT2D eigenvalue weighted by atomic mass is 9.95. The van der Waals surface area contributed by atoms with E-state index >= 15 is 0 Å². The van der Waals surface area contributed by atoms with E-state index in [0.717, 1.165) is 18.7 Å². The Kier molecular flexibility index (Phi) is 6.97. The number of rotatable bonds is 8. The average Bonchev–Trinajstić information content (AvgIpc) is 2.59. The lowest BCUT2D eigenvalue weighted by molar-refractivity contribution is -0.122. The third-order valence-electron chi connectivity index (χ3n) is 4.25. The van der Waals surface area contributed by atoms with Crippen LogP contribution >= 0.6 is 0 Å². The number of hydrogen-bond donors (Lipinski definition) is 2. The molecule has 0 radical (unpaired) electrons. The molecule has 0 saturated carbocycles. The quantitative estimate of drug-likeness (QED) is 0.709. The van der Waals surface area contributed by atoms with Gasteiger partial charge in [0.1, 0.15) is 0 Å². The van der Waals surface area contributed by atoms with E-state index in [0.29, 0.717) is 26.2 Å². The van der Waals surface area contributed by atoms with Crippen LogP contribution in [0.2, 0.25) is 0 Å². The predicted molar refractivity (Wildman–Crippen MR) is 94.9 cm³/mol. The predicted octanol–water partition coefficient (Wildman–Crippen LogP) is 1.55. The number of ether oxygens (including phenoxy) is 1. The van der Waals surface area contributed by atoms with Gasteiger partial charge in [-0.2, -0.15) is 0 Å². The molecule has 2 atom stereocenters. The van der Waals surface area contributed by atoms with E-state index in [1.54, 1.807) is 13.0 Å². The largest absolute Gasteiger partial charge is 0.387 e. The number of morpholine rings is 1. The van der Waals surface area contributed by atoms with Gasteiger partial charge in [-0.15, -0.1) is 6.58 Å². The molecule has 2 rings (SSSR count). The van der Waals surface area contributed by atoms with Crippen LogP contribution < -0.4 is 5.32 Å². The Bertz CT molecular complexity index is 525. The molecule has 24 heavy (non-hydrogen) atoms. The molecule has 0 aliphatic carbocycles. The zero-order valence-corrected chi connectivity index (χ0v) is 14.4. The van der Waals surface area contributed by atoms with Crippen LogP contribution in [-0.4, -0.2) is 60.9 Å². The molecule has 2 N–H and O–H groups in total. The summed E-state index contributed by atoms with van der Waals surface area (Å²) < 4.78 is 5.31. The van der Waals surface area contributed by atoms with E-state index in [-0.39, 0.29) is 18.4 Å². The summed E-state index contributed by atoms with van der Waals surface area (Å²) in [6.07, 6.45) is 2.13. The van der Waals surface area contributed by atoms with Crippen LogP contribution in [0.4, 0.5) is 0 Å². The minimum Gasteiger partial charge on any atom is -0.387 e. The maximum atomic E-state index is 12.2. The molecule has 1 aliphatic rings. The van der Waals surface area contributed by atoms with E-state index in [9.17, 15) is 9.90 Å². The summed E-state index contributed by atoms with van der Waals surface area (Å²) in [5.41, 5.74) is 0.117. The summed E-state index contributed by atoms with van der Waals surface area (Å²) in [5, 5.41) is 13.4. The van der Waals surface area contributed by atoms with Crippen LogP contribution in [0.25, 0.3) is 0 Å². The molecule has 1 aromatic rings. The first-order valence-electron chi connectivity index (χ1n) is 8.47. The number of nitrogens with zero attached hydrogens (tertiary/aromatic N) is 1. The second kappa shape index (κ2) is 8.97. The van der Waals surface area contributed by atoms with Crippen LogP contribution in [0.1, 0.15) is 24.8 Å². The fourth-order valence-electron chi connectivity index (χ4n) is 2.90. The number of carbonyl (C=O) groups excluding carboxylic acids is 1. The van der Waals surface area contributed by atoms with E-state index in [1.807, 2.05) is 30.3 Å². The van der Waals surface area contributed by atoms with Crippen LogP contribution in [0.5, 0.6) is 0 Å². The number of β-amino-alcohol motifs (C(OH)–C–C–N with tert-alkyl or cyclic N) is 1. The van der Waals surface area contributed by atoms with Crippen molar-refractivity contribution in [3.05, 3.63) is 48.6 Å². The van der Waals surface area contributed by atoms with Gasteiger partial charge in [-0.3, -0.25) is 9.69 Å². The van der Waals surface area contributed by atoms with Gasteiger partial charge in [0.2, 0.25) is 5.91 Å². The van der Waals surface area contributed by atoms with Crippen molar-refractivity contribution < 1.29 is 14.6 Å². The molecular formula is C19H28N2O3. The zero-order chi connectivity index (χ0) is 17.4. The van der Waals surface area contributed by atoms with Gasteiger partial charge >= 0.3 is 0 Å². The summed E-state index contributed by atoms with van der Waals surface area (Å²) in [4.78, 5) is 14.4. The second-order valence-corrected chi connectivity index (χ2v) is 6.62. The van der Waals surface area contributed by atoms with Crippen LogP contribution in [0.15, 0.2) is 43.0 Å². The molecule has 1 aromatic carbocycles. The standard InChI is InChI=1S/C19H28N2O3/c1-3-16(17-7-5-4-6-8-17)13-18(22)20-14-19(2,23)15-21-9-11-24-12-10-21/h3-8,16,23H,1,9-15H2,2H3,(H,20,22). The number of carbonyl (C=O) groups is 1. The van der Waals surface area contributed by atoms with Crippen LogP contribution in [-0.2, 0) is 9.53 Å². The highest BCUT2D eigenvalue weighted by molar-refractivity contribution is 5.77. The molecule has 1 amide bonds. The summed E-state index contributed by atoms with van der Waals surface area (Å²) in [6, 6.07) is 9.85. The Morgan fingerprint density at radius 3 is 2.71 bits per heavy atom. The molecule has 5 nitrogen and oxygen atoms in total. The maximum absolute atomic E-state index is 12.2. The average molecular weight is 332 g/mol. The minimum atomic E-state index is -0.955. The second-order valence-electron chi connectivity index (χ2n) is 6.62. The van der Waals surface area contributed by atoms with Gasteiger partial charge in [0.15, 0.2) is 0 Å². The SMILES string of the molecule is C=CC(CC(=O)NCC(C)(O)CN1CCOCC1)c1ccccc1. The molecule has 2 unspecified atom stereocenters. The van der Waals surface area contributed by atoms with E-state index in [1.165, 1.54) is 0 Å². The molecule has 0 bridgehead atoms. The number of benzene rings is 1. The highest BCUT2D eigenvalue weighted by atomic mass is 16.5. The topological polar surface area (TPSA) is 61.8 Å². The number of allylic oxidation sites excluding steroid dienone is 1. The van der Waals surface area contributed by atoms with Crippen LogP contribution in [0.3, 0.4) is 0 Å². The van der Waals surface area contributed by atoms with Gasteiger partial charge in [0.25, 0.3) is 0 Å². The molecule has 1 aliphatic heterocycles. The first kappa shape index (κ1) is 18.6. The number of amides is 1. The highest BCUT2D eigenvalue weighted by Gasteiger charge is 2.26. The fraction of sp³-hybridized carbons (Fsp3) is 0.526. The molecule has 1 fully saturated rings. The van der Waals surface area contributed by atoms with Crippen molar-refractivity contribution in [2.45, 2.75) is 24.9 Å². The van der Waals surface area contributed by atoms with E-state index < -0.39 is 5.60 Å². The molecule has 1 saturated heterocycles. The number of nitrogens with one attached hydrogen (secondary N) is 1. The Morgan fingerprint density at radius 2 is 2.08 bits per heavy atom. The third-order valence-corrected chi connectivity index (χ3v) is 4.25. The van der Waals surface area contributed by atoms with Gasteiger partial charge in [-0.1, -0.05) is 36.4 Å². The molecule has 132 valence electrons. The first-order chi connectivity index (χ1) is 11.5. The zero-order valence-electron chi connectivity index (χ0n) is 14.4. The minimum absolute atomic E-state index is 0.0182. The molecule has 0 aromatic heterocycles. The molecule has 5 heteroatoms. The van der Waals surface area contributed by atoms with E-state index in [4.69, 9.17) is 4.74 Å². The van der Waals surface area contributed by atoms with Crippen molar-refractivity contribution in [3.63, 3.8) is 0 Å². The van der Waals surface area contributed by atoms with Gasteiger partial charge < -0.3 is 15.2 Å². The smallest absolute Gasteiger partial charge is 0.221 e. The summed E-state index contributed by atoms with van der Waals surface area (Å²) in [5.74, 6) is -0.0959. The van der Waals surface area contributed by atoms with Crippen molar-refractivity contribution in [1.29, 1.82) is 0 Å².